The van der Waals surface area contributed by atoms with Crippen molar-refractivity contribution >= 4 is 16.7 Å². The average molecular weight is 351 g/mol. The lowest BCUT2D eigenvalue weighted by molar-refractivity contribution is -0.124. The fourth-order valence-electron chi connectivity index (χ4n) is 3.18. The van der Waals surface area contributed by atoms with Crippen molar-refractivity contribution in [2.24, 2.45) is 5.92 Å². The Bertz CT molecular complexity index is 897. The van der Waals surface area contributed by atoms with Gasteiger partial charge in [0, 0.05) is 18.2 Å². The largest absolute Gasteiger partial charge is 0.387 e. The third kappa shape index (κ3) is 3.94. The van der Waals surface area contributed by atoms with Gasteiger partial charge in [-0.3, -0.25) is 9.89 Å². The average Bonchev–Trinajstić information content (AvgIpc) is 2.97. The van der Waals surface area contributed by atoms with E-state index in [4.69, 9.17) is 0 Å². The molecule has 0 fully saturated rings. The third-order valence-corrected chi connectivity index (χ3v) is 4.87. The Morgan fingerprint density at radius 2 is 1.92 bits per heavy atom. The van der Waals surface area contributed by atoms with E-state index in [1.165, 1.54) is 0 Å². The van der Waals surface area contributed by atoms with E-state index >= 15 is 0 Å². The first-order valence-electron chi connectivity index (χ1n) is 8.90. The Morgan fingerprint density at radius 1 is 1.19 bits per heavy atom. The number of benzene rings is 2. The molecule has 0 saturated carbocycles. The van der Waals surface area contributed by atoms with Crippen LogP contribution in [0.1, 0.15) is 35.5 Å². The number of hydrogen-bond donors (Lipinski definition) is 3. The molecule has 0 spiro atoms. The summed E-state index contributed by atoms with van der Waals surface area (Å²) in [5.41, 5.74) is 3.82. The van der Waals surface area contributed by atoms with Crippen molar-refractivity contribution in [1.29, 1.82) is 0 Å². The highest BCUT2D eigenvalue weighted by Crippen LogP contribution is 2.20. The zero-order chi connectivity index (χ0) is 18.7. The highest BCUT2D eigenvalue weighted by atomic mass is 16.3. The number of aliphatic hydroxyl groups is 1. The molecule has 136 valence electrons. The summed E-state index contributed by atoms with van der Waals surface area (Å²) in [6.45, 7) is 5.99. The van der Waals surface area contributed by atoms with Gasteiger partial charge in [0.1, 0.15) is 0 Å². The molecular formula is C21H25N3O2. The minimum absolute atomic E-state index is 0.0650. The number of H-pyrrole nitrogens is 1. The normalized spacial score (nSPS) is 13.5. The molecule has 0 aliphatic heterocycles. The number of hydrogen-bond acceptors (Lipinski definition) is 3. The SMILES string of the molecule is Cc1n[nH]c(C)c1CC(C)C(=O)NCC(O)c1ccc2ccccc2c1. The number of rotatable bonds is 6. The molecule has 3 N–H and O–H groups in total. The fraction of sp³-hybridized carbons (Fsp3) is 0.333. The molecule has 5 nitrogen and oxygen atoms in total. The Kier molecular flexibility index (Phi) is 5.38. The summed E-state index contributed by atoms with van der Waals surface area (Å²) >= 11 is 0. The maximum atomic E-state index is 12.4. The molecule has 1 heterocycles. The van der Waals surface area contributed by atoms with Gasteiger partial charge in [-0.05, 0) is 48.2 Å². The quantitative estimate of drug-likeness (QED) is 0.638. The van der Waals surface area contributed by atoms with Gasteiger partial charge >= 0.3 is 0 Å². The van der Waals surface area contributed by atoms with E-state index in [-0.39, 0.29) is 18.4 Å². The maximum Gasteiger partial charge on any atom is 0.223 e. The molecular weight excluding hydrogens is 326 g/mol. The van der Waals surface area contributed by atoms with Gasteiger partial charge in [-0.1, -0.05) is 43.3 Å². The summed E-state index contributed by atoms with van der Waals surface area (Å²) in [7, 11) is 0. The molecule has 2 atom stereocenters. The van der Waals surface area contributed by atoms with E-state index in [1.807, 2.05) is 63.2 Å². The van der Waals surface area contributed by atoms with Gasteiger partial charge in [0.25, 0.3) is 0 Å². The number of nitrogens with zero attached hydrogens (tertiary/aromatic N) is 1. The van der Waals surface area contributed by atoms with Gasteiger partial charge < -0.3 is 10.4 Å². The van der Waals surface area contributed by atoms with Crippen molar-refractivity contribution < 1.29 is 9.90 Å². The lowest BCUT2D eigenvalue weighted by Crippen LogP contribution is -2.33. The van der Waals surface area contributed by atoms with Crippen LogP contribution < -0.4 is 5.32 Å². The van der Waals surface area contributed by atoms with Crippen molar-refractivity contribution in [2.75, 3.05) is 6.54 Å². The number of carbonyl (C=O) groups is 1. The summed E-state index contributed by atoms with van der Waals surface area (Å²) in [5.74, 6) is -0.251. The lowest BCUT2D eigenvalue weighted by Gasteiger charge is -2.16. The molecule has 0 aliphatic rings. The summed E-state index contributed by atoms with van der Waals surface area (Å²) in [6.07, 6.45) is -0.0975. The topological polar surface area (TPSA) is 78.0 Å². The second kappa shape index (κ2) is 7.70. The van der Waals surface area contributed by atoms with Crippen molar-refractivity contribution in [3.05, 3.63) is 65.0 Å². The van der Waals surface area contributed by atoms with E-state index in [0.29, 0.717) is 6.42 Å². The number of nitrogens with one attached hydrogen (secondary N) is 2. The monoisotopic (exact) mass is 351 g/mol. The van der Waals surface area contributed by atoms with Crippen LogP contribution in [0.4, 0.5) is 0 Å². The first-order valence-corrected chi connectivity index (χ1v) is 8.90. The minimum Gasteiger partial charge on any atom is -0.387 e. The van der Waals surface area contributed by atoms with Crippen LogP contribution in [0.2, 0.25) is 0 Å². The molecule has 0 bridgehead atoms. The first-order chi connectivity index (χ1) is 12.5. The van der Waals surface area contributed by atoms with E-state index < -0.39 is 6.10 Å². The second-order valence-corrected chi connectivity index (χ2v) is 6.89. The van der Waals surface area contributed by atoms with Gasteiger partial charge in [-0.15, -0.1) is 0 Å². The molecule has 1 amide bonds. The van der Waals surface area contributed by atoms with Crippen molar-refractivity contribution in [2.45, 2.75) is 33.3 Å². The van der Waals surface area contributed by atoms with Crippen molar-refractivity contribution in [3.63, 3.8) is 0 Å². The predicted molar refractivity (Wildman–Crippen MR) is 103 cm³/mol. The molecule has 3 aromatic rings. The molecule has 5 heteroatoms. The summed E-state index contributed by atoms with van der Waals surface area (Å²) < 4.78 is 0. The van der Waals surface area contributed by atoms with Crippen LogP contribution in [0.5, 0.6) is 0 Å². The van der Waals surface area contributed by atoms with Crippen LogP contribution in [0.3, 0.4) is 0 Å². The number of carbonyl (C=O) groups excluding carboxylic acids is 1. The minimum atomic E-state index is -0.729. The number of amides is 1. The Morgan fingerprint density at radius 3 is 2.62 bits per heavy atom. The molecule has 0 radical (unpaired) electrons. The summed E-state index contributed by atoms with van der Waals surface area (Å²) in [4.78, 5) is 12.4. The molecule has 3 rings (SSSR count). The van der Waals surface area contributed by atoms with Gasteiger partial charge in [-0.25, -0.2) is 0 Å². The maximum absolute atomic E-state index is 12.4. The first kappa shape index (κ1) is 18.1. The van der Waals surface area contributed by atoms with Crippen molar-refractivity contribution in [3.8, 4) is 0 Å². The molecule has 26 heavy (non-hydrogen) atoms. The summed E-state index contributed by atoms with van der Waals surface area (Å²) in [5, 5.41) is 22.6. The molecule has 0 saturated heterocycles. The standard InChI is InChI=1S/C21H25N3O2/c1-13(10-19-14(2)23-24-15(19)3)21(26)22-12-20(25)18-9-8-16-6-4-5-7-17(16)11-18/h4-9,11,13,20,25H,10,12H2,1-3H3,(H,22,26)(H,23,24). The van der Waals surface area contributed by atoms with Gasteiger partial charge in [-0.2, -0.15) is 5.10 Å². The Labute approximate surface area is 153 Å². The van der Waals surface area contributed by atoms with E-state index in [9.17, 15) is 9.90 Å². The third-order valence-electron chi connectivity index (χ3n) is 4.87. The molecule has 0 aliphatic carbocycles. The van der Waals surface area contributed by atoms with Crippen LogP contribution in [0.15, 0.2) is 42.5 Å². The van der Waals surface area contributed by atoms with Crippen LogP contribution in [-0.4, -0.2) is 27.8 Å². The van der Waals surface area contributed by atoms with Gasteiger partial charge in [0.05, 0.1) is 11.8 Å². The molecule has 2 unspecified atom stereocenters. The Balaban J connectivity index is 1.59. The van der Waals surface area contributed by atoms with Crippen LogP contribution in [0.25, 0.3) is 10.8 Å². The van der Waals surface area contributed by atoms with Crippen LogP contribution in [-0.2, 0) is 11.2 Å². The molecule has 2 aromatic carbocycles. The number of aromatic amines is 1. The summed E-state index contributed by atoms with van der Waals surface area (Å²) in [6, 6.07) is 13.9. The number of aliphatic hydroxyl groups excluding tert-OH is 1. The van der Waals surface area contributed by atoms with E-state index in [2.05, 4.69) is 15.5 Å². The van der Waals surface area contributed by atoms with Gasteiger partial charge in [0.15, 0.2) is 0 Å². The highest BCUT2D eigenvalue weighted by Gasteiger charge is 2.18. The zero-order valence-electron chi connectivity index (χ0n) is 15.4. The molecule has 1 aromatic heterocycles. The fourth-order valence-corrected chi connectivity index (χ4v) is 3.18. The smallest absolute Gasteiger partial charge is 0.223 e. The Hall–Kier alpha value is -2.66. The predicted octanol–water partition coefficient (Wildman–Crippen LogP) is 3.21. The van der Waals surface area contributed by atoms with Crippen molar-refractivity contribution in [1.82, 2.24) is 15.5 Å². The highest BCUT2D eigenvalue weighted by molar-refractivity contribution is 5.83. The second-order valence-electron chi connectivity index (χ2n) is 6.89. The van der Waals surface area contributed by atoms with E-state index in [1.54, 1.807) is 0 Å². The number of aromatic nitrogens is 2. The van der Waals surface area contributed by atoms with Gasteiger partial charge in [0.2, 0.25) is 5.91 Å². The van der Waals surface area contributed by atoms with E-state index in [0.717, 1.165) is 33.3 Å². The number of fused-ring (bicyclic) bond motifs is 1. The van der Waals surface area contributed by atoms with Crippen LogP contribution in [0, 0.1) is 19.8 Å². The number of aryl methyl sites for hydroxylation is 2. The van der Waals surface area contributed by atoms with Crippen LogP contribution >= 0.6 is 0 Å². The zero-order valence-corrected chi connectivity index (χ0v) is 15.4. The lowest BCUT2D eigenvalue weighted by atomic mass is 9.98.